The molecule has 0 unspecified atom stereocenters. The van der Waals surface area contributed by atoms with Crippen molar-refractivity contribution in [2.24, 2.45) is 7.05 Å². The second-order valence-electron chi connectivity index (χ2n) is 4.53. The van der Waals surface area contributed by atoms with Gasteiger partial charge in [0.1, 0.15) is 5.69 Å². The summed E-state index contributed by atoms with van der Waals surface area (Å²) in [6.07, 6.45) is 4.05. The van der Waals surface area contributed by atoms with Gasteiger partial charge in [0, 0.05) is 13.2 Å². The minimum absolute atomic E-state index is 0.0222. The third-order valence-corrected chi connectivity index (χ3v) is 3.13. The van der Waals surface area contributed by atoms with Gasteiger partial charge >= 0.3 is 5.97 Å². The van der Waals surface area contributed by atoms with Gasteiger partial charge in [0.05, 0.1) is 12.0 Å². The Morgan fingerprint density at radius 1 is 1.59 bits per heavy atom. The summed E-state index contributed by atoms with van der Waals surface area (Å²) in [7, 11) is 1.73. The number of aromatic nitrogens is 2. The normalized spacial score (nSPS) is 17.2. The molecule has 1 saturated carbocycles. The maximum atomic E-state index is 11.9. The standard InChI is InChI=1S/C11H15N3O3/c1-14-6-3-8(13-14)10(17)12-11(4-2-5-11)7-9(15)16/h3,6H,2,4-5,7H2,1H3,(H,12,17)(H,15,16). The largest absolute Gasteiger partial charge is 0.481 e. The highest BCUT2D eigenvalue weighted by atomic mass is 16.4. The number of hydrogen-bond donors (Lipinski definition) is 2. The van der Waals surface area contributed by atoms with Gasteiger partial charge in [0.2, 0.25) is 0 Å². The maximum Gasteiger partial charge on any atom is 0.305 e. The summed E-state index contributed by atoms with van der Waals surface area (Å²) in [5.74, 6) is -1.18. The van der Waals surface area contributed by atoms with Crippen molar-refractivity contribution in [2.45, 2.75) is 31.2 Å². The van der Waals surface area contributed by atoms with Crippen molar-refractivity contribution < 1.29 is 14.7 Å². The Labute approximate surface area is 98.6 Å². The zero-order valence-electron chi connectivity index (χ0n) is 9.64. The Bertz CT molecular complexity index is 449. The molecule has 2 rings (SSSR count). The van der Waals surface area contributed by atoms with Crippen LogP contribution in [0.4, 0.5) is 0 Å². The van der Waals surface area contributed by atoms with Crippen molar-refractivity contribution in [3.05, 3.63) is 18.0 Å². The first-order chi connectivity index (χ1) is 8.01. The van der Waals surface area contributed by atoms with Crippen LogP contribution in [-0.2, 0) is 11.8 Å². The summed E-state index contributed by atoms with van der Waals surface area (Å²) in [4.78, 5) is 22.6. The first kappa shape index (κ1) is 11.6. The summed E-state index contributed by atoms with van der Waals surface area (Å²) in [6, 6.07) is 1.61. The van der Waals surface area contributed by atoms with E-state index >= 15 is 0 Å². The Balaban J connectivity index is 2.04. The minimum Gasteiger partial charge on any atom is -0.481 e. The van der Waals surface area contributed by atoms with Crippen LogP contribution in [0.2, 0.25) is 0 Å². The van der Waals surface area contributed by atoms with Gasteiger partial charge in [0.25, 0.3) is 5.91 Å². The van der Waals surface area contributed by atoms with Crippen LogP contribution < -0.4 is 5.32 Å². The lowest BCUT2D eigenvalue weighted by Crippen LogP contribution is -2.54. The fraction of sp³-hybridized carbons (Fsp3) is 0.545. The fourth-order valence-corrected chi connectivity index (χ4v) is 2.08. The third kappa shape index (κ3) is 2.46. The van der Waals surface area contributed by atoms with Crippen LogP contribution >= 0.6 is 0 Å². The molecular weight excluding hydrogens is 222 g/mol. The minimum atomic E-state index is -0.883. The van der Waals surface area contributed by atoms with Gasteiger partial charge in [-0.05, 0) is 25.3 Å². The molecule has 1 aromatic heterocycles. The molecule has 92 valence electrons. The lowest BCUT2D eigenvalue weighted by molar-refractivity contribution is -0.139. The SMILES string of the molecule is Cn1ccc(C(=O)NC2(CC(=O)O)CCC2)n1. The average Bonchev–Trinajstić information content (AvgIpc) is 2.60. The summed E-state index contributed by atoms with van der Waals surface area (Å²) < 4.78 is 1.54. The van der Waals surface area contributed by atoms with E-state index in [2.05, 4.69) is 10.4 Å². The van der Waals surface area contributed by atoms with E-state index in [0.717, 1.165) is 19.3 Å². The van der Waals surface area contributed by atoms with Crippen LogP contribution in [0.15, 0.2) is 12.3 Å². The molecule has 0 aromatic carbocycles. The number of carboxylic acid groups (broad SMARTS) is 1. The third-order valence-electron chi connectivity index (χ3n) is 3.13. The number of hydrogen-bond acceptors (Lipinski definition) is 3. The van der Waals surface area contributed by atoms with E-state index in [1.807, 2.05) is 0 Å². The van der Waals surface area contributed by atoms with E-state index in [1.54, 1.807) is 24.0 Å². The van der Waals surface area contributed by atoms with Crippen molar-refractivity contribution in [1.29, 1.82) is 0 Å². The zero-order valence-corrected chi connectivity index (χ0v) is 9.64. The first-order valence-corrected chi connectivity index (χ1v) is 5.55. The van der Waals surface area contributed by atoms with E-state index in [9.17, 15) is 9.59 Å². The van der Waals surface area contributed by atoms with Crippen LogP contribution in [-0.4, -0.2) is 32.3 Å². The number of carbonyl (C=O) groups is 2. The molecule has 1 fully saturated rings. The maximum absolute atomic E-state index is 11.9. The van der Waals surface area contributed by atoms with Gasteiger partial charge in [0.15, 0.2) is 0 Å². The highest BCUT2D eigenvalue weighted by molar-refractivity contribution is 5.93. The molecular formula is C11H15N3O3. The monoisotopic (exact) mass is 237 g/mol. The van der Waals surface area contributed by atoms with Crippen LogP contribution in [0, 0.1) is 0 Å². The quantitative estimate of drug-likeness (QED) is 0.800. The average molecular weight is 237 g/mol. The van der Waals surface area contributed by atoms with Crippen molar-refractivity contribution >= 4 is 11.9 Å². The number of aliphatic carboxylic acids is 1. The van der Waals surface area contributed by atoms with E-state index < -0.39 is 11.5 Å². The molecule has 17 heavy (non-hydrogen) atoms. The van der Waals surface area contributed by atoms with Gasteiger partial charge in [-0.3, -0.25) is 14.3 Å². The molecule has 6 heteroatoms. The molecule has 1 aliphatic rings. The molecule has 0 bridgehead atoms. The van der Waals surface area contributed by atoms with E-state index in [4.69, 9.17) is 5.11 Å². The predicted octanol–water partition coefficient (Wildman–Crippen LogP) is 0.547. The van der Waals surface area contributed by atoms with E-state index in [-0.39, 0.29) is 12.3 Å². The van der Waals surface area contributed by atoms with E-state index in [0.29, 0.717) is 5.69 Å². The summed E-state index contributed by atoms with van der Waals surface area (Å²) in [5.41, 5.74) is -0.246. The molecule has 0 atom stereocenters. The van der Waals surface area contributed by atoms with Crippen molar-refractivity contribution in [1.82, 2.24) is 15.1 Å². The Morgan fingerprint density at radius 3 is 2.71 bits per heavy atom. The number of nitrogens with zero attached hydrogens (tertiary/aromatic N) is 2. The van der Waals surface area contributed by atoms with Gasteiger partial charge in [-0.25, -0.2) is 0 Å². The molecule has 1 amide bonds. The summed E-state index contributed by atoms with van der Waals surface area (Å²) in [6.45, 7) is 0. The second-order valence-corrected chi connectivity index (χ2v) is 4.53. The zero-order chi connectivity index (χ0) is 12.5. The van der Waals surface area contributed by atoms with Crippen LogP contribution in [0.5, 0.6) is 0 Å². The Morgan fingerprint density at radius 2 is 2.29 bits per heavy atom. The van der Waals surface area contributed by atoms with Gasteiger partial charge in [-0.15, -0.1) is 0 Å². The van der Waals surface area contributed by atoms with Crippen LogP contribution in [0.3, 0.4) is 0 Å². The van der Waals surface area contributed by atoms with Crippen molar-refractivity contribution in [3.8, 4) is 0 Å². The second kappa shape index (κ2) is 4.20. The Kier molecular flexibility index (Phi) is 2.87. The van der Waals surface area contributed by atoms with Crippen LogP contribution in [0.25, 0.3) is 0 Å². The van der Waals surface area contributed by atoms with Gasteiger partial charge in [-0.1, -0.05) is 0 Å². The molecule has 0 aliphatic heterocycles. The lowest BCUT2D eigenvalue weighted by atomic mass is 9.74. The molecule has 1 aliphatic carbocycles. The predicted molar refractivity (Wildman–Crippen MR) is 59.5 cm³/mol. The number of rotatable bonds is 4. The number of carboxylic acids is 1. The number of amides is 1. The fourth-order valence-electron chi connectivity index (χ4n) is 2.08. The molecule has 0 spiro atoms. The molecule has 1 heterocycles. The van der Waals surface area contributed by atoms with Gasteiger partial charge < -0.3 is 10.4 Å². The molecule has 1 aromatic rings. The van der Waals surface area contributed by atoms with E-state index in [1.165, 1.54) is 0 Å². The molecule has 6 nitrogen and oxygen atoms in total. The smallest absolute Gasteiger partial charge is 0.305 e. The Hall–Kier alpha value is -1.85. The van der Waals surface area contributed by atoms with Gasteiger partial charge in [-0.2, -0.15) is 5.10 Å². The lowest BCUT2D eigenvalue weighted by Gasteiger charge is -2.41. The van der Waals surface area contributed by atoms with Crippen molar-refractivity contribution in [2.75, 3.05) is 0 Å². The topological polar surface area (TPSA) is 84.2 Å². The molecule has 2 N–H and O–H groups in total. The first-order valence-electron chi connectivity index (χ1n) is 5.55. The van der Waals surface area contributed by atoms with Crippen molar-refractivity contribution in [3.63, 3.8) is 0 Å². The highest BCUT2D eigenvalue weighted by Gasteiger charge is 2.40. The summed E-state index contributed by atoms with van der Waals surface area (Å²) in [5, 5.41) is 15.6. The molecule has 0 saturated heterocycles. The summed E-state index contributed by atoms with van der Waals surface area (Å²) >= 11 is 0. The van der Waals surface area contributed by atoms with Crippen LogP contribution in [0.1, 0.15) is 36.2 Å². The number of carbonyl (C=O) groups excluding carboxylic acids is 1. The molecule has 0 radical (unpaired) electrons. The highest BCUT2D eigenvalue weighted by Crippen LogP contribution is 2.35. The number of aryl methyl sites for hydroxylation is 1. The number of nitrogens with one attached hydrogen (secondary N) is 1.